The Kier molecular flexibility index (Phi) is 9.24. The third kappa shape index (κ3) is 6.96. The minimum absolute atomic E-state index is 0.0128. The molecule has 0 aliphatic carbocycles. The Bertz CT molecular complexity index is 1800. The molecule has 2 aliphatic heterocycles. The number of carbonyl (C=O) groups excluding carboxylic acids is 1. The predicted octanol–water partition coefficient (Wildman–Crippen LogP) is 6.52. The van der Waals surface area contributed by atoms with E-state index < -0.39 is 19.8 Å². The van der Waals surface area contributed by atoms with Gasteiger partial charge in [-0.25, -0.2) is 19.4 Å². The average Bonchev–Trinajstić information content (AvgIpc) is 3.57. The van der Waals surface area contributed by atoms with Crippen molar-refractivity contribution in [3.05, 3.63) is 28.0 Å². The first-order valence-corrected chi connectivity index (χ1v) is 20.6. The van der Waals surface area contributed by atoms with E-state index in [1.807, 2.05) is 32.9 Å². The molecule has 3 atom stereocenters. The number of ether oxygens (including phenoxy) is 2. The molecular formula is C32H44Cl2N8O4Si. The second kappa shape index (κ2) is 12.8. The molecule has 0 radical (unpaired) electrons. The number of hydrogen-bond donors (Lipinski definition) is 2. The van der Waals surface area contributed by atoms with Crippen LogP contribution >= 0.6 is 23.2 Å². The van der Waals surface area contributed by atoms with Gasteiger partial charge in [0.25, 0.3) is 0 Å². The Balaban J connectivity index is 1.38. The molecule has 1 unspecified atom stereocenters. The number of alkyl carbamates (subject to hydrolysis) is 1. The van der Waals surface area contributed by atoms with Crippen molar-refractivity contribution in [2.24, 2.45) is 7.05 Å². The summed E-state index contributed by atoms with van der Waals surface area (Å²) in [7, 11) is 0.465. The van der Waals surface area contributed by atoms with Crippen LogP contribution in [0.1, 0.15) is 52.1 Å². The second-order valence-electron chi connectivity index (χ2n) is 14.9. The molecule has 47 heavy (non-hydrogen) atoms. The molecule has 2 aliphatic rings. The predicted molar refractivity (Wildman–Crippen MR) is 187 cm³/mol. The van der Waals surface area contributed by atoms with Gasteiger partial charge in [0, 0.05) is 45.4 Å². The molecule has 12 nitrogen and oxygen atoms in total. The molecule has 1 amide bonds. The molecule has 15 heteroatoms. The van der Waals surface area contributed by atoms with Crippen molar-refractivity contribution in [2.45, 2.75) is 109 Å². The Labute approximate surface area is 285 Å². The first-order chi connectivity index (χ1) is 22.1. The van der Waals surface area contributed by atoms with Crippen molar-refractivity contribution >= 4 is 65.3 Å². The number of rotatable bonds is 9. The van der Waals surface area contributed by atoms with E-state index in [2.05, 4.69) is 35.0 Å². The number of aromatic nitrogens is 6. The van der Waals surface area contributed by atoms with Crippen LogP contribution in [0.15, 0.2) is 12.1 Å². The summed E-state index contributed by atoms with van der Waals surface area (Å²) < 4.78 is 15.0. The number of hydrogen-bond acceptors (Lipinski definition) is 9. The highest BCUT2D eigenvalue weighted by molar-refractivity contribution is 6.76. The van der Waals surface area contributed by atoms with Crippen molar-refractivity contribution < 1.29 is 19.4 Å². The van der Waals surface area contributed by atoms with Crippen molar-refractivity contribution in [1.29, 1.82) is 0 Å². The van der Waals surface area contributed by atoms with Crippen LogP contribution in [-0.2, 0) is 29.9 Å². The zero-order chi connectivity index (χ0) is 33.8. The normalized spacial score (nSPS) is 20.0. The van der Waals surface area contributed by atoms with E-state index in [0.717, 1.165) is 31.7 Å². The summed E-state index contributed by atoms with van der Waals surface area (Å²) in [5.41, 5.74) is 2.80. The first-order valence-electron chi connectivity index (χ1n) is 16.2. The molecule has 2 N–H and O–H groups in total. The molecule has 0 spiro atoms. The SMILES string of the molecule is Cn1nc2ccc(-c3nn(COCC[Si](C)(C)C)c4nc(N5[C@@H]6CC[C@H]5CC(NC(=O)OC(C)(C)C)C6)c(CO)nc34)c(Cl)c2c1Cl. The molecule has 0 saturated carbocycles. The van der Waals surface area contributed by atoms with Gasteiger partial charge in [-0.2, -0.15) is 10.2 Å². The lowest BCUT2D eigenvalue weighted by Gasteiger charge is -2.40. The first kappa shape index (κ1) is 33.9. The number of amides is 1. The number of nitrogens with one attached hydrogen (secondary N) is 1. The average molecular weight is 704 g/mol. The van der Waals surface area contributed by atoms with Gasteiger partial charge in [-0.3, -0.25) is 4.68 Å². The number of aliphatic hydroxyl groups is 1. The fourth-order valence-electron chi connectivity index (χ4n) is 6.63. The van der Waals surface area contributed by atoms with Crippen LogP contribution in [0.25, 0.3) is 33.3 Å². The maximum Gasteiger partial charge on any atom is 0.407 e. The summed E-state index contributed by atoms with van der Waals surface area (Å²) in [5, 5.41) is 24.6. The van der Waals surface area contributed by atoms with Crippen LogP contribution in [0.5, 0.6) is 0 Å². The Morgan fingerprint density at radius 3 is 2.45 bits per heavy atom. The van der Waals surface area contributed by atoms with Crippen LogP contribution in [-0.4, -0.2) is 79.1 Å². The summed E-state index contributed by atoms with van der Waals surface area (Å²) in [6.07, 6.45) is 2.99. The number of carbonyl (C=O) groups is 1. The summed E-state index contributed by atoms with van der Waals surface area (Å²) in [6.45, 7) is 13.0. The fourth-order valence-corrected chi connectivity index (χ4v) is 8.00. The monoisotopic (exact) mass is 702 g/mol. The topological polar surface area (TPSA) is 132 Å². The lowest BCUT2D eigenvalue weighted by Crippen LogP contribution is -2.51. The van der Waals surface area contributed by atoms with E-state index in [4.69, 9.17) is 47.7 Å². The number of nitrogens with zero attached hydrogens (tertiary/aromatic N) is 7. The zero-order valence-corrected chi connectivity index (χ0v) is 30.6. The second-order valence-corrected chi connectivity index (χ2v) is 21.2. The van der Waals surface area contributed by atoms with E-state index in [1.54, 1.807) is 16.4 Å². The number of benzene rings is 1. The lowest BCUT2D eigenvalue weighted by atomic mass is 9.97. The highest BCUT2D eigenvalue weighted by Crippen LogP contribution is 2.42. The van der Waals surface area contributed by atoms with Crippen molar-refractivity contribution in [1.82, 2.24) is 34.8 Å². The van der Waals surface area contributed by atoms with E-state index >= 15 is 0 Å². The largest absolute Gasteiger partial charge is 0.444 e. The molecular weight excluding hydrogens is 659 g/mol. The van der Waals surface area contributed by atoms with E-state index in [-0.39, 0.29) is 31.5 Å². The highest BCUT2D eigenvalue weighted by atomic mass is 35.5. The highest BCUT2D eigenvalue weighted by Gasteiger charge is 2.43. The number of halogens is 2. The fraction of sp³-hybridized carbons (Fsp3) is 0.594. The van der Waals surface area contributed by atoms with Gasteiger partial charge >= 0.3 is 6.09 Å². The Hall–Kier alpha value is -2.97. The van der Waals surface area contributed by atoms with E-state index in [0.29, 0.717) is 61.6 Å². The quantitative estimate of drug-likeness (QED) is 0.148. The molecule has 2 bridgehead atoms. The number of aryl methyl sites for hydroxylation is 1. The van der Waals surface area contributed by atoms with Gasteiger partial charge in [0.1, 0.15) is 34.4 Å². The lowest BCUT2D eigenvalue weighted by molar-refractivity contribution is 0.0492. The maximum absolute atomic E-state index is 12.6. The summed E-state index contributed by atoms with van der Waals surface area (Å²) in [6, 6.07) is 4.98. The molecule has 5 heterocycles. The number of anilines is 1. The van der Waals surface area contributed by atoms with Gasteiger partial charge in [-0.05, 0) is 64.6 Å². The van der Waals surface area contributed by atoms with Crippen LogP contribution in [0.2, 0.25) is 35.9 Å². The minimum Gasteiger partial charge on any atom is -0.444 e. The number of piperidine rings is 1. The van der Waals surface area contributed by atoms with Crippen LogP contribution < -0.4 is 10.2 Å². The zero-order valence-electron chi connectivity index (χ0n) is 28.1. The Morgan fingerprint density at radius 2 is 1.81 bits per heavy atom. The molecule has 4 aromatic rings. The van der Waals surface area contributed by atoms with Crippen LogP contribution in [0.3, 0.4) is 0 Å². The number of fused-ring (bicyclic) bond motifs is 4. The van der Waals surface area contributed by atoms with Crippen LogP contribution in [0, 0.1) is 0 Å². The van der Waals surface area contributed by atoms with Gasteiger partial charge < -0.3 is 24.8 Å². The Morgan fingerprint density at radius 1 is 1.11 bits per heavy atom. The van der Waals surface area contributed by atoms with Gasteiger partial charge in [-0.1, -0.05) is 42.8 Å². The molecule has 2 saturated heterocycles. The van der Waals surface area contributed by atoms with E-state index in [9.17, 15) is 9.90 Å². The summed E-state index contributed by atoms with van der Waals surface area (Å²) in [5.74, 6) is 0.634. The van der Waals surface area contributed by atoms with Crippen molar-refractivity contribution in [2.75, 3.05) is 11.5 Å². The van der Waals surface area contributed by atoms with Crippen molar-refractivity contribution in [3.8, 4) is 11.3 Å². The maximum atomic E-state index is 12.6. The molecule has 3 aromatic heterocycles. The molecule has 2 fully saturated rings. The van der Waals surface area contributed by atoms with Gasteiger partial charge in [0.05, 0.1) is 22.5 Å². The minimum atomic E-state index is -1.30. The third-order valence-electron chi connectivity index (χ3n) is 8.80. The van der Waals surface area contributed by atoms with Gasteiger partial charge in [0.2, 0.25) is 0 Å². The van der Waals surface area contributed by atoms with Crippen LogP contribution in [0.4, 0.5) is 10.6 Å². The molecule has 1 aromatic carbocycles. The van der Waals surface area contributed by atoms with Crippen molar-refractivity contribution in [3.63, 3.8) is 0 Å². The summed E-state index contributed by atoms with van der Waals surface area (Å²) in [4.78, 5) is 25.0. The smallest absolute Gasteiger partial charge is 0.407 e. The molecule has 254 valence electrons. The number of aliphatic hydroxyl groups excluding tert-OH is 1. The standard InChI is InChI=1S/C32H44Cl2N8O4Si/c1-32(2,3)46-31(44)35-18-14-19-8-9-20(15-18)42(19)29-23(16-43)36-27-26(21-10-11-22-24(25(21)33)28(34)40(4)38-22)39-41(30(27)37-29)17-45-12-13-47(5,6)7/h10-11,18-20,43H,8-9,12-17H2,1-7H3,(H,35,44)/t18?,19-,20+. The summed E-state index contributed by atoms with van der Waals surface area (Å²) >= 11 is 13.6. The molecule has 6 rings (SSSR count). The third-order valence-corrected chi connectivity index (χ3v) is 11.3. The van der Waals surface area contributed by atoms with Gasteiger partial charge in [-0.15, -0.1) is 0 Å². The van der Waals surface area contributed by atoms with E-state index in [1.165, 1.54) is 0 Å². The van der Waals surface area contributed by atoms with Gasteiger partial charge in [0.15, 0.2) is 11.5 Å².